The minimum Gasteiger partial charge on any atom is -0.464 e. The van der Waals surface area contributed by atoms with Crippen LogP contribution >= 0.6 is 0 Å². The van der Waals surface area contributed by atoms with Gasteiger partial charge in [-0.05, 0) is 6.07 Å². The van der Waals surface area contributed by atoms with E-state index in [1.165, 1.54) is 13.2 Å². The summed E-state index contributed by atoms with van der Waals surface area (Å²) >= 11 is 0. The Balaban J connectivity index is 3.06. The molecule has 1 heterocycles. The molecule has 0 N–H and O–H groups in total. The summed E-state index contributed by atoms with van der Waals surface area (Å²) in [5, 5.41) is 3.62. The van der Waals surface area contributed by atoms with E-state index in [4.69, 9.17) is 0 Å². The van der Waals surface area contributed by atoms with Crippen molar-refractivity contribution >= 4 is 5.97 Å². The monoisotopic (exact) mass is 200 g/mol. The Morgan fingerprint density at radius 1 is 1.64 bits per heavy atom. The second-order valence-electron chi connectivity index (χ2n) is 2.46. The highest BCUT2D eigenvalue weighted by Crippen LogP contribution is 1.93. The lowest BCUT2D eigenvalue weighted by molar-refractivity contribution is 0.0590. The van der Waals surface area contributed by atoms with E-state index in [9.17, 15) is 14.0 Å². The van der Waals surface area contributed by atoms with Crippen LogP contribution in [0.2, 0.25) is 0 Å². The first kappa shape index (κ1) is 10.4. The van der Waals surface area contributed by atoms with Crippen molar-refractivity contribution < 1.29 is 13.9 Å². The third-order valence-electron chi connectivity index (χ3n) is 1.56. The molecule has 6 heteroatoms. The molecule has 0 fully saturated rings. The molecule has 0 unspecified atom stereocenters. The molecule has 1 aromatic heterocycles. The molecule has 0 saturated carbocycles. The van der Waals surface area contributed by atoms with Crippen molar-refractivity contribution in [1.82, 2.24) is 9.78 Å². The number of halogens is 1. The van der Waals surface area contributed by atoms with Gasteiger partial charge in [0.15, 0.2) is 5.69 Å². The number of carbonyl (C=O) groups excluding carboxylic acids is 1. The van der Waals surface area contributed by atoms with Crippen LogP contribution in [0.1, 0.15) is 10.5 Å². The summed E-state index contributed by atoms with van der Waals surface area (Å²) in [7, 11) is 1.20. The zero-order chi connectivity index (χ0) is 10.6. The summed E-state index contributed by atoms with van der Waals surface area (Å²) in [6, 6.07) is 2.39. The lowest BCUT2D eigenvalue weighted by Gasteiger charge is -2.02. The smallest absolute Gasteiger partial charge is 0.358 e. The average molecular weight is 200 g/mol. The molecule has 0 atom stereocenters. The zero-order valence-electron chi connectivity index (χ0n) is 7.57. The van der Waals surface area contributed by atoms with Gasteiger partial charge in [-0.1, -0.05) is 0 Å². The SMILES string of the molecule is COC(=O)c1ccc(=O)n(CCF)n1. The van der Waals surface area contributed by atoms with Crippen LogP contribution in [0, 0.1) is 0 Å². The second-order valence-corrected chi connectivity index (χ2v) is 2.46. The highest BCUT2D eigenvalue weighted by Gasteiger charge is 2.08. The number of hydrogen-bond donors (Lipinski definition) is 0. The van der Waals surface area contributed by atoms with Gasteiger partial charge in [0.1, 0.15) is 6.67 Å². The Morgan fingerprint density at radius 2 is 2.36 bits per heavy atom. The van der Waals surface area contributed by atoms with E-state index in [0.29, 0.717) is 0 Å². The van der Waals surface area contributed by atoms with Gasteiger partial charge in [-0.2, -0.15) is 5.10 Å². The summed E-state index contributed by atoms with van der Waals surface area (Å²) in [5.41, 5.74) is -0.462. The molecule has 76 valence electrons. The molecular formula is C8H9FN2O3. The van der Waals surface area contributed by atoms with E-state index in [1.54, 1.807) is 0 Å². The molecule has 5 nitrogen and oxygen atoms in total. The lowest BCUT2D eigenvalue weighted by Crippen LogP contribution is -2.25. The van der Waals surface area contributed by atoms with Crippen molar-refractivity contribution in [1.29, 1.82) is 0 Å². The normalized spacial score (nSPS) is 9.86. The Morgan fingerprint density at radius 3 is 2.93 bits per heavy atom. The molecule has 0 aliphatic heterocycles. The summed E-state index contributed by atoms with van der Waals surface area (Å²) in [6.07, 6.45) is 0. The minimum absolute atomic E-state index is 0.0134. The fourth-order valence-corrected chi connectivity index (χ4v) is 0.903. The number of aryl methyl sites for hydroxylation is 1. The number of methoxy groups -OCH3 is 1. The van der Waals surface area contributed by atoms with Crippen LogP contribution in [0.3, 0.4) is 0 Å². The summed E-state index contributed by atoms with van der Waals surface area (Å²) in [6.45, 7) is -0.874. The predicted molar refractivity (Wildman–Crippen MR) is 45.8 cm³/mol. The van der Waals surface area contributed by atoms with E-state index in [1.807, 2.05) is 0 Å². The zero-order valence-corrected chi connectivity index (χ0v) is 7.57. The molecule has 1 rings (SSSR count). The van der Waals surface area contributed by atoms with Gasteiger partial charge in [-0.15, -0.1) is 0 Å². The van der Waals surface area contributed by atoms with E-state index >= 15 is 0 Å². The van der Waals surface area contributed by atoms with Crippen LogP contribution < -0.4 is 5.56 Å². The van der Waals surface area contributed by atoms with Crippen LogP contribution in [-0.4, -0.2) is 29.5 Å². The first-order valence-corrected chi connectivity index (χ1v) is 3.91. The minimum atomic E-state index is -0.711. The maximum Gasteiger partial charge on any atom is 0.358 e. The van der Waals surface area contributed by atoms with Crippen molar-refractivity contribution in [2.24, 2.45) is 0 Å². The highest BCUT2D eigenvalue weighted by atomic mass is 19.1. The number of rotatable bonds is 3. The first-order chi connectivity index (χ1) is 6.69. The Labute approximate surface area is 79.1 Å². The van der Waals surface area contributed by atoms with Crippen molar-refractivity contribution in [2.75, 3.05) is 13.8 Å². The number of aromatic nitrogens is 2. The molecule has 0 bridgehead atoms. The Bertz CT molecular complexity index is 388. The maximum absolute atomic E-state index is 12.0. The summed E-state index contributed by atoms with van der Waals surface area (Å²) in [5.74, 6) is -0.655. The van der Waals surface area contributed by atoms with Gasteiger partial charge in [-0.3, -0.25) is 4.79 Å². The van der Waals surface area contributed by atoms with Gasteiger partial charge >= 0.3 is 5.97 Å². The van der Waals surface area contributed by atoms with Gasteiger partial charge in [-0.25, -0.2) is 13.9 Å². The maximum atomic E-state index is 12.0. The standard InChI is InChI=1S/C8H9FN2O3/c1-14-8(13)6-2-3-7(12)11(10-6)5-4-9/h2-3H,4-5H2,1H3. The topological polar surface area (TPSA) is 61.2 Å². The fourth-order valence-electron chi connectivity index (χ4n) is 0.903. The molecular weight excluding hydrogens is 191 g/mol. The first-order valence-electron chi connectivity index (χ1n) is 3.91. The number of ether oxygens (including phenoxy) is 1. The fraction of sp³-hybridized carbons (Fsp3) is 0.375. The molecule has 14 heavy (non-hydrogen) atoms. The van der Waals surface area contributed by atoms with Crippen LogP contribution in [0.25, 0.3) is 0 Å². The predicted octanol–water partition coefficient (Wildman–Crippen LogP) is -0.000600. The number of carbonyl (C=O) groups is 1. The van der Waals surface area contributed by atoms with Crippen LogP contribution in [-0.2, 0) is 11.3 Å². The van der Waals surface area contributed by atoms with E-state index in [2.05, 4.69) is 9.84 Å². The number of alkyl halides is 1. The van der Waals surface area contributed by atoms with Crippen molar-refractivity contribution in [2.45, 2.75) is 6.54 Å². The van der Waals surface area contributed by atoms with Crippen LogP contribution in [0.15, 0.2) is 16.9 Å². The second kappa shape index (κ2) is 4.50. The van der Waals surface area contributed by atoms with Crippen LogP contribution in [0.5, 0.6) is 0 Å². The van der Waals surface area contributed by atoms with Crippen molar-refractivity contribution in [3.63, 3.8) is 0 Å². The molecule has 0 aliphatic rings. The van der Waals surface area contributed by atoms with E-state index < -0.39 is 18.2 Å². The van der Waals surface area contributed by atoms with Crippen molar-refractivity contribution in [3.05, 3.63) is 28.2 Å². The number of nitrogens with zero attached hydrogens (tertiary/aromatic N) is 2. The molecule has 0 spiro atoms. The lowest BCUT2D eigenvalue weighted by atomic mass is 10.4. The Hall–Kier alpha value is -1.72. The van der Waals surface area contributed by atoms with Gasteiger partial charge in [0.2, 0.25) is 0 Å². The molecule has 0 radical (unpaired) electrons. The van der Waals surface area contributed by atoms with Crippen molar-refractivity contribution in [3.8, 4) is 0 Å². The van der Waals surface area contributed by atoms with Gasteiger partial charge in [0, 0.05) is 6.07 Å². The molecule has 0 amide bonds. The number of hydrogen-bond acceptors (Lipinski definition) is 4. The third-order valence-corrected chi connectivity index (χ3v) is 1.56. The quantitative estimate of drug-likeness (QED) is 0.644. The van der Waals surface area contributed by atoms with Crippen LogP contribution in [0.4, 0.5) is 4.39 Å². The Kier molecular flexibility index (Phi) is 3.33. The average Bonchev–Trinajstić information content (AvgIpc) is 2.20. The highest BCUT2D eigenvalue weighted by molar-refractivity contribution is 5.86. The van der Waals surface area contributed by atoms with Gasteiger partial charge in [0.05, 0.1) is 13.7 Å². The third kappa shape index (κ3) is 2.15. The molecule has 0 saturated heterocycles. The summed E-state index contributed by atoms with van der Waals surface area (Å²) < 4.78 is 17.2. The van der Waals surface area contributed by atoms with Gasteiger partial charge < -0.3 is 4.74 Å². The molecule has 1 aromatic rings. The van der Waals surface area contributed by atoms with Gasteiger partial charge in [0.25, 0.3) is 5.56 Å². The molecule has 0 aromatic carbocycles. The van der Waals surface area contributed by atoms with E-state index in [-0.39, 0.29) is 12.2 Å². The molecule has 0 aliphatic carbocycles. The number of esters is 1. The van der Waals surface area contributed by atoms with E-state index in [0.717, 1.165) is 10.7 Å². The summed E-state index contributed by atoms with van der Waals surface area (Å²) in [4.78, 5) is 22.0. The largest absolute Gasteiger partial charge is 0.464 e.